The van der Waals surface area contributed by atoms with E-state index < -0.39 is 5.82 Å². The topological polar surface area (TPSA) is 70.1 Å². The minimum Gasteiger partial charge on any atom is -0.494 e. The lowest BCUT2D eigenvalue weighted by molar-refractivity contribution is 0.103. The fourth-order valence-corrected chi connectivity index (χ4v) is 1.70. The molecule has 2 rings (SSSR count). The average Bonchev–Trinajstić information content (AvgIpc) is 2.87. The van der Waals surface area contributed by atoms with Crippen molar-refractivity contribution in [2.45, 2.75) is 6.54 Å². The molecule has 6 heteroatoms. The van der Waals surface area contributed by atoms with Crippen molar-refractivity contribution in [2.24, 2.45) is 5.73 Å². The average molecular weight is 263 g/mol. The number of imidazole rings is 1. The van der Waals surface area contributed by atoms with Gasteiger partial charge in [0.15, 0.2) is 11.6 Å². The summed E-state index contributed by atoms with van der Waals surface area (Å²) in [5.41, 5.74) is 5.91. The van der Waals surface area contributed by atoms with Gasteiger partial charge in [0, 0.05) is 24.8 Å². The number of benzene rings is 1. The first-order valence-electron chi connectivity index (χ1n) is 5.75. The fraction of sp³-hybridized carbons (Fsp3) is 0.231. The first-order valence-corrected chi connectivity index (χ1v) is 5.75. The van der Waals surface area contributed by atoms with Gasteiger partial charge in [0.05, 0.1) is 13.4 Å². The van der Waals surface area contributed by atoms with E-state index in [9.17, 15) is 9.18 Å². The van der Waals surface area contributed by atoms with Crippen LogP contribution in [0.25, 0.3) is 0 Å². The molecule has 0 aliphatic carbocycles. The maximum Gasteiger partial charge on any atom is 0.213 e. The van der Waals surface area contributed by atoms with Gasteiger partial charge in [0.1, 0.15) is 5.69 Å². The van der Waals surface area contributed by atoms with Crippen LogP contribution in [0.15, 0.2) is 30.7 Å². The monoisotopic (exact) mass is 263 g/mol. The number of halogens is 1. The number of hydrogen-bond donors (Lipinski definition) is 1. The number of hydrogen-bond acceptors (Lipinski definition) is 4. The molecule has 0 aliphatic heterocycles. The molecule has 1 aromatic carbocycles. The lowest BCUT2D eigenvalue weighted by Crippen LogP contribution is -2.08. The summed E-state index contributed by atoms with van der Waals surface area (Å²) in [4.78, 5) is 16.1. The first kappa shape index (κ1) is 13.2. The second-order valence-electron chi connectivity index (χ2n) is 3.96. The number of aromatic nitrogens is 2. The molecule has 1 aromatic heterocycles. The molecule has 0 saturated carbocycles. The van der Waals surface area contributed by atoms with Gasteiger partial charge in [0.25, 0.3) is 0 Å². The number of ether oxygens (including phenoxy) is 1. The van der Waals surface area contributed by atoms with Gasteiger partial charge in [-0.3, -0.25) is 4.79 Å². The van der Waals surface area contributed by atoms with E-state index in [1.165, 1.54) is 25.6 Å². The van der Waals surface area contributed by atoms with Crippen molar-refractivity contribution in [2.75, 3.05) is 13.7 Å². The van der Waals surface area contributed by atoms with Crippen LogP contribution >= 0.6 is 0 Å². The van der Waals surface area contributed by atoms with Crippen molar-refractivity contribution in [1.29, 1.82) is 0 Å². The van der Waals surface area contributed by atoms with Gasteiger partial charge in [-0.15, -0.1) is 0 Å². The molecule has 0 amide bonds. The van der Waals surface area contributed by atoms with Crippen molar-refractivity contribution in [1.82, 2.24) is 9.55 Å². The molecule has 0 atom stereocenters. The number of carbonyl (C=O) groups excluding carboxylic acids is 1. The van der Waals surface area contributed by atoms with Crippen molar-refractivity contribution in [3.8, 4) is 5.75 Å². The van der Waals surface area contributed by atoms with Crippen LogP contribution in [-0.4, -0.2) is 29.0 Å². The molecule has 0 spiro atoms. The second kappa shape index (κ2) is 5.62. The van der Waals surface area contributed by atoms with Crippen LogP contribution in [0.1, 0.15) is 16.1 Å². The van der Waals surface area contributed by atoms with E-state index in [-0.39, 0.29) is 22.8 Å². The zero-order chi connectivity index (χ0) is 13.8. The summed E-state index contributed by atoms with van der Waals surface area (Å²) in [5, 5.41) is 0. The maximum absolute atomic E-state index is 13.5. The number of nitrogens with zero attached hydrogens (tertiary/aromatic N) is 2. The van der Waals surface area contributed by atoms with Crippen LogP contribution in [0.3, 0.4) is 0 Å². The predicted molar refractivity (Wildman–Crippen MR) is 67.7 cm³/mol. The number of methoxy groups -OCH3 is 1. The molecule has 0 unspecified atom stereocenters. The summed E-state index contributed by atoms with van der Waals surface area (Å²) in [7, 11) is 1.37. The Morgan fingerprint density at radius 1 is 1.53 bits per heavy atom. The molecular formula is C13H14FN3O2. The highest BCUT2D eigenvalue weighted by atomic mass is 19.1. The van der Waals surface area contributed by atoms with Crippen LogP contribution in [0.5, 0.6) is 5.75 Å². The Bertz CT molecular complexity index is 595. The first-order chi connectivity index (χ1) is 9.15. The maximum atomic E-state index is 13.5. The lowest BCUT2D eigenvalue weighted by atomic mass is 10.1. The van der Waals surface area contributed by atoms with Gasteiger partial charge in [-0.1, -0.05) is 0 Å². The van der Waals surface area contributed by atoms with Crippen LogP contribution in [0.4, 0.5) is 4.39 Å². The fourth-order valence-electron chi connectivity index (χ4n) is 1.70. The molecule has 0 aliphatic rings. The lowest BCUT2D eigenvalue weighted by Gasteiger charge is -2.03. The summed E-state index contributed by atoms with van der Waals surface area (Å²) in [6, 6.07) is 4.06. The largest absolute Gasteiger partial charge is 0.494 e. The molecule has 2 N–H and O–H groups in total. The molecule has 19 heavy (non-hydrogen) atoms. The Morgan fingerprint density at radius 3 is 2.95 bits per heavy atom. The number of carbonyl (C=O) groups is 1. The van der Waals surface area contributed by atoms with E-state index in [0.29, 0.717) is 13.1 Å². The highest BCUT2D eigenvalue weighted by molar-refractivity contribution is 6.07. The zero-order valence-corrected chi connectivity index (χ0v) is 10.5. The van der Waals surface area contributed by atoms with Crippen LogP contribution in [0, 0.1) is 5.82 Å². The molecule has 5 nitrogen and oxygen atoms in total. The minimum atomic E-state index is -0.574. The molecule has 0 fully saturated rings. The van der Waals surface area contributed by atoms with Gasteiger partial charge in [-0.2, -0.15) is 0 Å². The van der Waals surface area contributed by atoms with Gasteiger partial charge >= 0.3 is 0 Å². The van der Waals surface area contributed by atoms with Crippen molar-refractivity contribution in [3.63, 3.8) is 0 Å². The Kier molecular flexibility index (Phi) is 3.91. The predicted octanol–water partition coefficient (Wildman–Crippen LogP) is 1.22. The van der Waals surface area contributed by atoms with E-state index in [2.05, 4.69) is 4.98 Å². The van der Waals surface area contributed by atoms with E-state index in [0.717, 1.165) is 6.07 Å². The standard InChI is InChI=1S/C13H14FN3O2/c1-19-12-3-2-9(6-10(12)14)13(18)11-7-17(5-4-15)8-16-11/h2-3,6-8H,4-5,15H2,1H3. The van der Waals surface area contributed by atoms with E-state index >= 15 is 0 Å². The summed E-state index contributed by atoms with van der Waals surface area (Å²) in [6.07, 6.45) is 3.12. The molecular weight excluding hydrogens is 249 g/mol. The van der Waals surface area contributed by atoms with E-state index in [1.54, 1.807) is 10.8 Å². The number of rotatable bonds is 5. The van der Waals surface area contributed by atoms with E-state index in [1.807, 2.05) is 0 Å². The summed E-state index contributed by atoms with van der Waals surface area (Å²) in [5.74, 6) is -0.808. The molecule has 1 heterocycles. The van der Waals surface area contributed by atoms with Gasteiger partial charge in [-0.25, -0.2) is 9.37 Å². The molecule has 100 valence electrons. The smallest absolute Gasteiger partial charge is 0.213 e. The number of ketones is 1. The molecule has 2 aromatic rings. The highest BCUT2D eigenvalue weighted by Gasteiger charge is 2.14. The highest BCUT2D eigenvalue weighted by Crippen LogP contribution is 2.19. The zero-order valence-electron chi connectivity index (χ0n) is 10.5. The SMILES string of the molecule is COc1ccc(C(=O)c2cn(CCN)cn2)cc1F. The normalized spacial score (nSPS) is 10.5. The summed E-state index contributed by atoms with van der Waals surface area (Å²) < 4.78 is 20.1. The Morgan fingerprint density at radius 2 is 2.32 bits per heavy atom. The molecule has 0 radical (unpaired) electrons. The molecule has 0 saturated heterocycles. The Labute approximate surface area is 109 Å². The van der Waals surface area contributed by atoms with Crippen molar-refractivity contribution < 1.29 is 13.9 Å². The van der Waals surface area contributed by atoms with Gasteiger partial charge < -0.3 is 15.0 Å². The van der Waals surface area contributed by atoms with Gasteiger partial charge in [-0.05, 0) is 18.2 Å². The Hall–Kier alpha value is -2.21. The minimum absolute atomic E-state index is 0.102. The summed E-state index contributed by atoms with van der Waals surface area (Å²) >= 11 is 0. The number of nitrogens with two attached hydrogens (primary N) is 1. The van der Waals surface area contributed by atoms with Gasteiger partial charge in [0.2, 0.25) is 5.78 Å². The van der Waals surface area contributed by atoms with Crippen LogP contribution < -0.4 is 10.5 Å². The van der Waals surface area contributed by atoms with Crippen molar-refractivity contribution in [3.05, 3.63) is 47.8 Å². The van der Waals surface area contributed by atoms with Crippen LogP contribution in [0.2, 0.25) is 0 Å². The van der Waals surface area contributed by atoms with E-state index in [4.69, 9.17) is 10.5 Å². The second-order valence-corrected chi connectivity index (χ2v) is 3.96. The Balaban J connectivity index is 2.25. The summed E-state index contributed by atoms with van der Waals surface area (Å²) in [6.45, 7) is 1.04. The third-order valence-corrected chi connectivity index (χ3v) is 2.67. The molecule has 0 bridgehead atoms. The quantitative estimate of drug-likeness (QED) is 0.823. The van der Waals surface area contributed by atoms with Crippen molar-refractivity contribution >= 4 is 5.78 Å². The van der Waals surface area contributed by atoms with Crippen LogP contribution in [-0.2, 0) is 6.54 Å². The third kappa shape index (κ3) is 2.79. The third-order valence-electron chi connectivity index (χ3n) is 2.67.